The van der Waals surface area contributed by atoms with Crippen molar-refractivity contribution in [3.8, 4) is 0 Å². The summed E-state index contributed by atoms with van der Waals surface area (Å²) >= 11 is 0. The first-order chi connectivity index (χ1) is 12.3. The van der Waals surface area contributed by atoms with Crippen molar-refractivity contribution in [3.63, 3.8) is 0 Å². The predicted octanol–water partition coefficient (Wildman–Crippen LogP) is 1.87. The second-order valence-corrected chi connectivity index (χ2v) is 6.38. The molecule has 0 aliphatic rings. The summed E-state index contributed by atoms with van der Waals surface area (Å²) in [5.41, 5.74) is 6.11. The van der Waals surface area contributed by atoms with Crippen molar-refractivity contribution in [3.05, 3.63) is 48.6 Å². The molecule has 0 saturated carbocycles. The minimum absolute atomic E-state index is 0.100. The minimum atomic E-state index is -0.864. The van der Waals surface area contributed by atoms with Crippen LogP contribution in [0.25, 0.3) is 0 Å². The zero-order chi connectivity index (χ0) is 19.5. The van der Waals surface area contributed by atoms with Crippen LogP contribution < -0.4 is 16.4 Å². The molecule has 0 unspecified atom stereocenters. The maximum Gasteiger partial charge on any atom is 0.408 e. The number of carbonyl (C=O) groups is 3. The SMILES string of the molecule is C=CC[C@H](NC(=O)[C@H](CC(C)C)NC(=O)OCc1ccccc1)C(N)=O. The van der Waals surface area contributed by atoms with E-state index in [1.54, 1.807) is 0 Å². The fourth-order valence-corrected chi connectivity index (χ4v) is 2.30. The second-order valence-electron chi connectivity index (χ2n) is 6.38. The van der Waals surface area contributed by atoms with E-state index in [0.717, 1.165) is 5.56 Å². The molecule has 0 bridgehead atoms. The summed E-state index contributed by atoms with van der Waals surface area (Å²) in [5, 5.41) is 5.10. The fourth-order valence-electron chi connectivity index (χ4n) is 2.30. The number of amides is 3. The normalized spacial score (nSPS) is 12.7. The van der Waals surface area contributed by atoms with E-state index in [2.05, 4.69) is 17.2 Å². The molecule has 0 radical (unpaired) electrons. The van der Waals surface area contributed by atoms with Gasteiger partial charge in [-0.1, -0.05) is 50.3 Å². The van der Waals surface area contributed by atoms with Crippen molar-refractivity contribution in [1.82, 2.24) is 10.6 Å². The van der Waals surface area contributed by atoms with E-state index in [0.29, 0.717) is 6.42 Å². The van der Waals surface area contributed by atoms with Gasteiger partial charge in [0.25, 0.3) is 0 Å². The molecular formula is C19H27N3O4. The monoisotopic (exact) mass is 361 g/mol. The lowest BCUT2D eigenvalue weighted by molar-refractivity contribution is -0.128. The van der Waals surface area contributed by atoms with Crippen LogP contribution in [-0.2, 0) is 20.9 Å². The molecule has 7 nitrogen and oxygen atoms in total. The van der Waals surface area contributed by atoms with Gasteiger partial charge < -0.3 is 21.1 Å². The van der Waals surface area contributed by atoms with Crippen molar-refractivity contribution in [2.45, 2.75) is 45.4 Å². The van der Waals surface area contributed by atoms with Gasteiger partial charge in [0, 0.05) is 0 Å². The third kappa shape index (κ3) is 7.83. The van der Waals surface area contributed by atoms with E-state index in [1.807, 2.05) is 44.2 Å². The van der Waals surface area contributed by atoms with Crippen molar-refractivity contribution < 1.29 is 19.1 Å². The first-order valence-electron chi connectivity index (χ1n) is 8.51. The highest BCUT2D eigenvalue weighted by molar-refractivity contribution is 5.90. The molecule has 0 heterocycles. The van der Waals surface area contributed by atoms with Crippen LogP contribution in [0.4, 0.5) is 4.79 Å². The van der Waals surface area contributed by atoms with Crippen molar-refractivity contribution in [2.75, 3.05) is 0 Å². The van der Waals surface area contributed by atoms with Crippen LogP contribution in [0.3, 0.4) is 0 Å². The topological polar surface area (TPSA) is 111 Å². The molecule has 0 spiro atoms. The molecule has 0 fully saturated rings. The number of nitrogens with one attached hydrogen (secondary N) is 2. The molecule has 1 rings (SSSR count). The van der Waals surface area contributed by atoms with Crippen LogP contribution in [-0.4, -0.2) is 30.0 Å². The minimum Gasteiger partial charge on any atom is -0.445 e. The van der Waals surface area contributed by atoms with Crippen molar-refractivity contribution in [2.24, 2.45) is 11.7 Å². The van der Waals surface area contributed by atoms with Crippen molar-refractivity contribution in [1.29, 1.82) is 0 Å². The summed E-state index contributed by atoms with van der Waals surface area (Å²) in [6, 6.07) is 7.52. The Morgan fingerprint density at radius 3 is 2.35 bits per heavy atom. The Morgan fingerprint density at radius 2 is 1.81 bits per heavy atom. The molecule has 3 amide bonds. The van der Waals surface area contributed by atoms with Crippen LogP contribution in [0.1, 0.15) is 32.3 Å². The molecule has 0 saturated heterocycles. The lowest BCUT2D eigenvalue weighted by Gasteiger charge is -2.22. The van der Waals surface area contributed by atoms with E-state index in [9.17, 15) is 14.4 Å². The molecule has 0 aliphatic carbocycles. The molecule has 4 N–H and O–H groups in total. The van der Waals surface area contributed by atoms with Gasteiger partial charge in [-0.25, -0.2) is 4.79 Å². The quantitative estimate of drug-likeness (QED) is 0.553. The Hall–Kier alpha value is -2.83. The standard InChI is InChI=1S/C19H27N3O4/c1-4-8-15(17(20)23)21-18(24)16(11-13(2)3)22-19(25)26-12-14-9-6-5-7-10-14/h4-7,9-10,13,15-16H,1,8,11-12H2,2-3H3,(H2,20,23)(H,21,24)(H,22,25)/t15-,16-/m0/s1. The van der Waals surface area contributed by atoms with Gasteiger partial charge in [-0.3, -0.25) is 9.59 Å². The zero-order valence-corrected chi connectivity index (χ0v) is 15.2. The van der Waals surface area contributed by atoms with Gasteiger partial charge in [0.2, 0.25) is 11.8 Å². The predicted molar refractivity (Wildman–Crippen MR) is 98.9 cm³/mol. The average Bonchev–Trinajstić information content (AvgIpc) is 2.59. The highest BCUT2D eigenvalue weighted by Crippen LogP contribution is 2.07. The maximum atomic E-state index is 12.5. The summed E-state index contributed by atoms with van der Waals surface area (Å²) < 4.78 is 5.15. The fraction of sp³-hybridized carbons (Fsp3) is 0.421. The first kappa shape index (κ1) is 21.2. The number of alkyl carbamates (subject to hydrolysis) is 1. The van der Waals surface area contributed by atoms with Gasteiger partial charge in [0.1, 0.15) is 18.7 Å². The summed E-state index contributed by atoms with van der Waals surface area (Å²) in [7, 11) is 0. The Morgan fingerprint density at radius 1 is 1.15 bits per heavy atom. The lowest BCUT2D eigenvalue weighted by atomic mass is 10.0. The Balaban J connectivity index is 2.66. The largest absolute Gasteiger partial charge is 0.445 e. The summed E-state index contributed by atoms with van der Waals surface area (Å²) in [4.78, 5) is 35.9. The molecule has 7 heteroatoms. The molecule has 1 aromatic rings. The van der Waals surface area contributed by atoms with Gasteiger partial charge in [-0.15, -0.1) is 6.58 Å². The van der Waals surface area contributed by atoms with Gasteiger partial charge in [-0.2, -0.15) is 0 Å². The van der Waals surface area contributed by atoms with Crippen LogP contribution in [0, 0.1) is 5.92 Å². The summed E-state index contributed by atoms with van der Waals surface area (Å²) in [5.74, 6) is -0.999. The lowest BCUT2D eigenvalue weighted by Crippen LogP contribution is -2.53. The summed E-state index contributed by atoms with van der Waals surface area (Å²) in [6.45, 7) is 7.48. The van der Waals surface area contributed by atoms with Crippen LogP contribution in [0.15, 0.2) is 43.0 Å². The molecule has 26 heavy (non-hydrogen) atoms. The molecule has 1 aromatic carbocycles. The maximum absolute atomic E-state index is 12.5. The van der Waals surface area contributed by atoms with Crippen molar-refractivity contribution >= 4 is 17.9 Å². The number of rotatable bonds is 10. The van der Waals surface area contributed by atoms with E-state index >= 15 is 0 Å². The van der Waals surface area contributed by atoms with Crippen LogP contribution in [0.5, 0.6) is 0 Å². The van der Waals surface area contributed by atoms with E-state index in [4.69, 9.17) is 10.5 Å². The smallest absolute Gasteiger partial charge is 0.408 e. The van der Waals surface area contributed by atoms with Crippen LogP contribution >= 0.6 is 0 Å². The number of carbonyl (C=O) groups excluding carboxylic acids is 3. The van der Waals surface area contributed by atoms with Crippen LogP contribution in [0.2, 0.25) is 0 Å². The number of hydrogen-bond acceptors (Lipinski definition) is 4. The van der Waals surface area contributed by atoms with Gasteiger partial charge in [-0.05, 0) is 24.3 Å². The number of primary amides is 1. The Bertz CT molecular complexity index is 616. The average molecular weight is 361 g/mol. The molecule has 142 valence electrons. The third-order valence-electron chi connectivity index (χ3n) is 3.59. The highest BCUT2D eigenvalue weighted by atomic mass is 16.5. The Labute approximate surface area is 154 Å². The highest BCUT2D eigenvalue weighted by Gasteiger charge is 2.26. The van der Waals surface area contributed by atoms with E-state index < -0.39 is 30.0 Å². The number of benzene rings is 1. The number of hydrogen-bond donors (Lipinski definition) is 3. The van der Waals surface area contributed by atoms with Gasteiger partial charge in [0.05, 0.1) is 0 Å². The number of ether oxygens (including phenoxy) is 1. The van der Waals surface area contributed by atoms with Gasteiger partial charge in [0.15, 0.2) is 0 Å². The molecule has 2 atom stereocenters. The van der Waals surface area contributed by atoms with E-state index in [1.165, 1.54) is 6.08 Å². The van der Waals surface area contributed by atoms with E-state index in [-0.39, 0.29) is 18.9 Å². The Kier molecular flexibility index (Phi) is 8.91. The van der Waals surface area contributed by atoms with Gasteiger partial charge >= 0.3 is 6.09 Å². The first-order valence-corrected chi connectivity index (χ1v) is 8.51. The third-order valence-corrected chi connectivity index (χ3v) is 3.59. The molecule has 0 aliphatic heterocycles. The second kappa shape index (κ2) is 10.9. The number of nitrogens with two attached hydrogens (primary N) is 1. The summed E-state index contributed by atoms with van der Waals surface area (Å²) in [6.07, 6.45) is 1.41. The molecule has 0 aromatic heterocycles. The zero-order valence-electron chi connectivity index (χ0n) is 15.2. The molecular weight excluding hydrogens is 334 g/mol.